The topological polar surface area (TPSA) is 52.2 Å². The van der Waals surface area contributed by atoms with Crippen molar-refractivity contribution in [2.45, 2.75) is 38.0 Å². The lowest BCUT2D eigenvalue weighted by Crippen LogP contribution is -2.25. The van der Waals surface area contributed by atoms with Crippen molar-refractivity contribution < 1.29 is 4.39 Å². The second-order valence-corrected chi connectivity index (χ2v) is 9.02. The van der Waals surface area contributed by atoms with Crippen LogP contribution in [-0.2, 0) is 0 Å². The molecule has 0 aliphatic heterocycles. The highest BCUT2D eigenvalue weighted by molar-refractivity contribution is 9.10. The van der Waals surface area contributed by atoms with Crippen LogP contribution in [0.25, 0.3) is 16.6 Å². The Morgan fingerprint density at radius 1 is 1.06 bits per heavy atom. The van der Waals surface area contributed by atoms with Gasteiger partial charge in [-0.1, -0.05) is 35.2 Å². The lowest BCUT2D eigenvalue weighted by atomic mass is 9.88. The molecular weight excluding hydrogens is 471 g/mol. The molecule has 5 rings (SSSR count). The van der Waals surface area contributed by atoms with Crippen LogP contribution < -0.4 is 5.56 Å². The van der Waals surface area contributed by atoms with Gasteiger partial charge in [-0.2, -0.15) is 9.78 Å². The van der Waals surface area contributed by atoms with Crippen molar-refractivity contribution in [1.29, 1.82) is 0 Å². The van der Waals surface area contributed by atoms with E-state index in [2.05, 4.69) is 21.0 Å². The van der Waals surface area contributed by atoms with Gasteiger partial charge in [-0.05, 0) is 67.4 Å². The maximum absolute atomic E-state index is 13.4. The molecule has 162 valence electrons. The second-order valence-electron chi connectivity index (χ2n) is 8.11. The van der Waals surface area contributed by atoms with Crippen LogP contribution in [0.2, 0.25) is 0 Å². The molecule has 2 aromatic carbocycles. The normalized spacial score (nSPS) is 15.1. The van der Waals surface area contributed by atoms with Crippen LogP contribution in [0.4, 0.5) is 4.39 Å². The van der Waals surface area contributed by atoms with E-state index in [4.69, 9.17) is 4.98 Å². The van der Waals surface area contributed by atoms with E-state index in [9.17, 15) is 9.18 Å². The summed E-state index contributed by atoms with van der Waals surface area (Å²) in [5.41, 5.74) is 2.12. The maximum Gasteiger partial charge on any atom is 0.282 e. The zero-order valence-electron chi connectivity index (χ0n) is 17.4. The molecule has 2 aromatic heterocycles. The first-order chi connectivity index (χ1) is 15.6. The standard InChI is InChI=1S/C25H22BrFN4O/c26-18-8-13-23-22(15-18)25(32)31(24(29-23)17-5-2-1-3-6-17)28-16-21-7-4-14-30(21)20-11-9-19(27)10-12-20/h4,7-17H,1-3,5-6H2. The van der Waals surface area contributed by atoms with Gasteiger partial charge in [-0.25, -0.2) is 9.37 Å². The zero-order chi connectivity index (χ0) is 22.1. The molecule has 0 unspecified atom stereocenters. The van der Waals surface area contributed by atoms with E-state index in [-0.39, 0.29) is 17.3 Å². The van der Waals surface area contributed by atoms with Crippen LogP contribution in [0.5, 0.6) is 0 Å². The van der Waals surface area contributed by atoms with Crippen molar-refractivity contribution in [3.05, 3.63) is 93.0 Å². The number of halogens is 2. The number of fused-ring (bicyclic) bond motifs is 1. The number of benzene rings is 2. The molecule has 0 spiro atoms. The molecule has 0 bridgehead atoms. The average molecular weight is 493 g/mol. The average Bonchev–Trinajstić information content (AvgIpc) is 3.28. The third-order valence-electron chi connectivity index (χ3n) is 5.99. The summed E-state index contributed by atoms with van der Waals surface area (Å²) in [6, 6.07) is 15.6. The molecule has 0 N–H and O–H groups in total. The summed E-state index contributed by atoms with van der Waals surface area (Å²) in [6.45, 7) is 0. The van der Waals surface area contributed by atoms with Crippen molar-refractivity contribution in [1.82, 2.24) is 14.2 Å². The Bertz CT molecular complexity index is 1350. The van der Waals surface area contributed by atoms with Crippen molar-refractivity contribution in [2.24, 2.45) is 5.10 Å². The lowest BCUT2D eigenvalue weighted by Gasteiger charge is -2.22. The third-order valence-corrected chi connectivity index (χ3v) is 6.49. The minimum atomic E-state index is -0.284. The highest BCUT2D eigenvalue weighted by Gasteiger charge is 2.22. The Hall–Kier alpha value is -3.06. The minimum Gasteiger partial charge on any atom is -0.316 e. The highest BCUT2D eigenvalue weighted by atomic mass is 79.9. The van der Waals surface area contributed by atoms with E-state index in [0.29, 0.717) is 10.9 Å². The molecule has 32 heavy (non-hydrogen) atoms. The first kappa shape index (κ1) is 20.8. The van der Waals surface area contributed by atoms with Gasteiger partial charge >= 0.3 is 0 Å². The van der Waals surface area contributed by atoms with Crippen molar-refractivity contribution in [3.8, 4) is 5.69 Å². The first-order valence-corrected chi connectivity index (χ1v) is 11.6. The summed E-state index contributed by atoms with van der Waals surface area (Å²) in [5.74, 6) is 0.652. The van der Waals surface area contributed by atoms with Gasteiger partial charge in [0.15, 0.2) is 0 Å². The van der Waals surface area contributed by atoms with Gasteiger partial charge in [0, 0.05) is 22.3 Å². The van der Waals surface area contributed by atoms with Crippen LogP contribution >= 0.6 is 15.9 Å². The van der Waals surface area contributed by atoms with E-state index in [1.807, 2.05) is 35.0 Å². The molecule has 4 aromatic rings. The molecule has 5 nitrogen and oxygen atoms in total. The molecule has 1 fully saturated rings. The van der Waals surface area contributed by atoms with Crippen molar-refractivity contribution in [3.63, 3.8) is 0 Å². The SMILES string of the molecule is O=c1c2cc(Br)ccc2nc(C2CCCCC2)n1N=Cc1cccn1-c1ccc(F)cc1. The number of aromatic nitrogens is 3. The lowest BCUT2D eigenvalue weighted by molar-refractivity contribution is 0.416. The van der Waals surface area contributed by atoms with E-state index in [0.717, 1.165) is 47.4 Å². The van der Waals surface area contributed by atoms with Crippen molar-refractivity contribution in [2.75, 3.05) is 0 Å². The van der Waals surface area contributed by atoms with Gasteiger partial charge in [-0.15, -0.1) is 0 Å². The predicted octanol–water partition coefficient (Wildman–Crippen LogP) is 6.02. The molecule has 2 heterocycles. The summed E-state index contributed by atoms with van der Waals surface area (Å²) in [4.78, 5) is 18.3. The van der Waals surface area contributed by atoms with E-state index < -0.39 is 0 Å². The van der Waals surface area contributed by atoms with Crippen LogP contribution in [0, 0.1) is 5.82 Å². The molecule has 0 amide bonds. The molecular formula is C25H22BrFN4O. The number of hydrogen-bond donors (Lipinski definition) is 0. The highest BCUT2D eigenvalue weighted by Crippen LogP contribution is 2.32. The fourth-order valence-corrected chi connectivity index (χ4v) is 4.72. The Labute approximate surface area is 193 Å². The van der Waals surface area contributed by atoms with Crippen LogP contribution in [0.1, 0.15) is 49.5 Å². The fraction of sp³-hybridized carbons (Fsp3) is 0.240. The summed E-state index contributed by atoms with van der Waals surface area (Å²) < 4.78 is 17.5. The predicted molar refractivity (Wildman–Crippen MR) is 128 cm³/mol. The van der Waals surface area contributed by atoms with Gasteiger partial charge in [-0.3, -0.25) is 4.79 Å². The van der Waals surface area contributed by atoms with Gasteiger partial charge in [0.1, 0.15) is 11.6 Å². The molecule has 0 atom stereocenters. The van der Waals surface area contributed by atoms with Gasteiger partial charge in [0.05, 0.1) is 22.8 Å². The van der Waals surface area contributed by atoms with Crippen LogP contribution in [0.3, 0.4) is 0 Å². The second kappa shape index (κ2) is 8.82. The van der Waals surface area contributed by atoms with Crippen LogP contribution in [-0.4, -0.2) is 20.4 Å². The summed E-state index contributed by atoms with van der Waals surface area (Å²) in [6.07, 6.45) is 9.06. The quantitative estimate of drug-likeness (QED) is 0.327. The molecule has 7 heteroatoms. The van der Waals surface area contributed by atoms with Crippen LogP contribution in [0.15, 0.2) is 75.2 Å². The largest absolute Gasteiger partial charge is 0.316 e. The fourth-order valence-electron chi connectivity index (χ4n) is 4.36. The Kier molecular flexibility index (Phi) is 5.74. The Morgan fingerprint density at radius 2 is 1.84 bits per heavy atom. The Balaban J connectivity index is 1.61. The Morgan fingerprint density at radius 3 is 2.62 bits per heavy atom. The molecule has 0 radical (unpaired) electrons. The number of hydrogen-bond acceptors (Lipinski definition) is 3. The molecule has 1 aliphatic rings. The monoisotopic (exact) mass is 492 g/mol. The molecule has 1 aliphatic carbocycles. The molecule has 0 saturated heterocycles. The summed E-state index contributed by atoms with van der Waals surface area (Å²) in [5, 5.41) is 5.15. The van der Waals surface area contributed by atoms with Crippen molar-refractivity contribution >= 4 is 33.0 Å². The number of rotatable bonds is 4. The smallest absolute Gasteiger partial charge is 0.282 e. The van der Waals surface area contributed by atoms with E-state index >= 15 is 0 Å². The zero-order valence-corrected chi connectivity index (χ0v) is 19.0. The number of nitrogens with zero attached hydrogens (tertiary/aromatic N) is 4. The maximum atomic E-state index is 13.4. The minimum absolute atomic E-state index is 0.173. The summed E-state index contributed by atoms with van der Waals surface area (Å²) >= 11 is 3.45. The first-order valence-electron chi connectivity index (χ1n) is 10.8. The third kappa shape index (κ3) is 4.05. The van der Waals surface area contributed by atoms with E-state index in [1.165, 1.54) is 23.2 Å². The summed E-state index contributed by atoms with van der Waals surface area (Å²) in [7, 11) is 0. The molecule has 1 saturated carbocycles. The van der Waals surface area contributed by atoms with Gasteiger partial charge in [0.2, 0.25) is 0 Å². The van der Waals surface area contributed by atoms with E-state index in [1.54, 1.807) is 24.4 Å². The van der Waals surface area contributed by atoms with Gasteiger partial charge < -0.3 is 4.57 Å². The van der Waals surface area contributed by atoms with Gasteiger partial charge in [0.25, 0.3) is 5.56 Å².